The highest BCUT2D eigenvalue weighted by atomic mass is 16.7. The van der Waals surface area contributed by atoms with Gasteiger partial charge in [-0.2, -0.15) is 0 Å². The van der Waals surface area contributed by atoms with Gasteiger partial charge in [0.2, 0.25) is 25.1 Å². The molecule has 0 N–H and O–H groups in total. The predicted octanol–water partition coefficient (Wildman–Crippen LogP) is 2.40. The van der Waals surface area contributed by atoms with E-state index in [9.17, 15) is 9.59 Å². The molecule has 0 saturated heterocycles. The first kappa shape index (κ1) is 19.5. The van der Waals surface area contributed by atoms with Crippen LogP contribution in [-0.2, 0) is 9.47 Å². The van der Waals surface area contributed by atoms with Crippen LogP contribution in [0.25, 0.3) is 11.1 Å². The molecular weight excluding hydrogens is 400 g/mol. The second kappa shape index (κ2) is 7.54. The Bertz CT molecular complexity index is 959. The van der Waals surface area contributed by atoms with E-state index in [0.717, 1.165) is 0 Å². The van der Waals surface area contributed by atoms with Crippen LogP contribution < -0.4 is 28.4 Å². The topological polar surface area (TPSA) is 108 Å². The van der Waals surface area contributed by atoms with E-state index in [1.807, 2.05) is 0 Å². The van der Waals surface area contributed by atoms with Crippen LogP contribution in [0.1, 0.15) is 20.7 Å². The van der Waals surface area contributed by atoms with Crippen molar-refractivity contribution in [3.63, 3.8) is 0 Å². The molecule has 0 radical (unpaired) electrons. The highest BCUT2D eigenvalue weighted by molar-refractivity contribution is 6.08. The maximum Gasteiger partial charge on any atom is 0.342 e. The van der Waals surface area contributed by atoms with Gasteiger partial charge < -0.3 is 37.9 Å². The summed E-state index contributed by atoms with van der Waals surface area (Å²) >= 11 is 0. The summed E-state index contributed by atoms with van der Waals surface area (Å²) in [4.78, 5) is 25.4. The third-order valence-electron chi connectivity index (χ3n) is 4.73. The first-order valence-electron chi connectivity index (χ1n) is 8.73. The molecule has 2 aromatic rings. The normalized spacial score (nSPS) is 13.1. The van der Waals surface area contributed by atoms with Gasteiger partial charge in [0, 0.05) is 11.1 Å². The van der Waals surface area contributed by atoms with Crippen molar-refractivity contribution in [2.75, 3.05) is 42.0 Å². The predicted molar refractivity (Wildman–Crippen MR) is 99.9 cm³/mol. The van der Waals surface area contributed by atoms with Gasteiger partial charge in [-0.3, -0.25) is 0 Å². The Kier molecular flexibility index (Phi) is 4.90. The molecular formula is C20H18O10. The molecule has 0 atom stereocenters. The van der Waals surface area contributed by atoms with Crippen molar-refractivity contribution in [2.45, 2.75) is 0 Å². The van der Waals surface area contributed by atoms with Crippen LogP contribution in [0.15, 0.2) is 12.1 Å². The van der Waals surface area contributed by atoms with Crippen LogP contribution in [0.2, 0.25) is 0 Å². The largest absolute Gasteiger partial charge is 0.493 e. The van der Waals surface area contributed by atoms with E-state index in [-0.39, 0.29) is 58.8 Å². The van der Waals surface area contributed by atoms with Crippen LogP contribution in [-0.4, -0.2) is 54.0 Å². The SMILES string of the molecule is COC(=O)c1c(-c2cc(OC)c3c(c2C(=O)OC)OCO3)cc(OC)c2c1OCO2. The number of carbonyl (C=O) groups is 2. The minimum atomic E-state index is -0.693. The molecule has 0 aromatic heterocycles. The zero-order chi connectivity index (χ0) is 21.4. The van der Waals surface area contributed by atoms with Gasteiger partial charge in [0.05, 0.1) is 28.4 Å². The number of hydrogen-bond acceptors (Lipinski definition) is 10. The number of fused-ring (bicyclic) bond motifs is 2. The molecule has 2 aliphatic rings. The minimum Gasteiger partial charge on any atom is -0.493 e. The van der Waals surface area contributed by atoms with Crippen molar-refractivity contribution in [2.24, 2.45) is 0 Å². The van der Waals surface area contributed by atoms with Gasteiger partial charge in [-0.15, -0.1) is 0 Å². The monoisotopic (exact) mass is 418 g/mol. The second-order valence-corrected chi connectivity index (χ2v) is 6.12. The third-order valence-corrected chi connectivity index (χ3v) is 4.73. The Balaban J connectivity index is 2.10. The fraction of sp³-hybridized carbons (Fsp3) is 0.300. The van der Waals surface area contributed by atoms with Crippen LogP contribution >= 0.6 is 0 Å². The number of esters is 2. The molecule has 2 heterocycles. The lowest BCUT2D eigenvalue weighted by atomic mass is 9.92. The summed E-state index contributed by atoms with van der Waals surface area (Å²) in [7, 11) is 5.36. The summed E-state index contributed by atoms with van der Waals surface area (Å²) < 4.78 is 42.7. The molecule has 10 heteroatoms. The molecule has 0 unspecified atom stereocenters. The van der Waals surface area contributed by atoms with Gasteiger partial charge in [-0.05, 0) is 12.1 Å². The van der Waals surface area contributed by atoms with E-state index in [1.54, 1.807) is 12.1 Å². The first-order valence-corrected chi connectivity index (χ1v) is 8.73. The highest BCUT2D eigenvalue weighted by Gasteiger charge is 2.36. The lowest BCUT2D eigenvalue weighted by Gasteiger charge is -2.18. The number of carbonyl (C=O) groups excluding carboxylic acids is 2. The average molecular weight is 418 g/mol. The van der Waals surface area contributed by atoms with Crippen LogP contribution in [0, 0.1) is 0 Å². The summed E-state index contributed by atoms with van der Waals surface area (Å²) in [6.07, 6.45) is 0. The Morgan fingerprint density at radius 3 is 1.37 bits per heavy atom. The number of methoxy groups -OCH3 is 4. The van der Waals surface area contributed by atoms with E-state index in [2.05, 4.69) is 0 Å². The van der Waals surface area contributed by atoms with Gasteiger partial charge >= 0.3 is 11.9 Å². The molecule has 0 saturated carbocycles. The Labute approximate surface area is 171 Å². The zero-order valence-corrected chi connectivity index (χ0v) is 16.7. The van der Waals surface area contributed by atoms with Crippen molar-refractivity contribution in [1.82, 2.24) is 0 Å². The molecule has 0 bridgehead atoms. The van der Waals surface area contributed by atoms with E-state index in [1.165, 1.54) is 28.4 Å². The lowest BCUT2D eigenvalue weighted by Crippen LogP contribution is -2.10. The Hall–Kier alpha value is -3.82. The van der Waals surface area contributed by atoms with Crippen molar-refractivity contribution in [3.8, 4) is 45.6 Å². The molecule has 4 rings (SSSR count). The maximum atomic E-state index is 12.7. The van der Waals surface area contributed by atoms with Crippen molar-refractivity contribution in [3.05, 3.63) is 23.3 Å². The third kappa shape index (κ3) is 2.79. The molecule has 0 fully saturated rings. The average Bonchev–Trinajstić information content (AvgIpc) is 3.45. The smallest absolute Gasteiger partial charge is 0.342 e. The van der Waals surface area contributed by atoms with E-state index < -0.39 is 11.9 Å². The Morgan fingerprint density at radius 2 is 1.03 bits per heavy atom. The zero-order valence-electron chi connectivity index (χ0n) is 16.7. The molecule has 2 aliphatic heterocycles. The minimum absolute atomic E-state index is 0.0527. The van der Waals surface area contributed by atoms with Crippen molar-refractivity contribution >= 4 is 11.9 Å². The Morgan fingerprint density at radius 1 is 0.667 bits per heavy atom. The molecule has 10 nitrogen and oxygen atoms in total. The van der Waals surface area contributed by atoms with Crippen LogP contribution in [0.3, 0.4) is 0 Å². The summed E-state index contributed by atoms with van der Waals surface area (Å²) in [5.74, 6) is 0.0224. The van der Waals surface area contributed by atoms with Crippen molar-refractivity contribution in [1.29, 1.82) is 0 Å². The summed E-state index contributed by atoms with van der Waals surface area (Å²) in [6.45, 7) is -0.207. The molecule has 0 aliphatic carbocycles. The van der Waals surface area contributed by atoms with Gasteiger partial charge in [0.15, 0.2) is 23.0 Å². The van der Waals surface area contributed by atoms with E-state index in [0.29, 0.717) is 11.5 Å². The van der Waals surface area contributed by atoms with Gasteiger partial charge in [0.1, 0.15) is 11.1 Å². The van der Waals surface area contributed by atoms with E-state index in [4.69, 9.17) is 37.9 Å². The van der Waals surface area contributed by atoms with Gasteiger partial charge in [-0.25, -0.2) is 9.59 Å². The molecule has 30 heavy (non-hydrogen) atoms. The highest BCUT2D eigenvalue weighted by Crippen LogP contribution is 2.53. The van der Waals surface area contributed by atoms with Gasteiger partial charge in [-0.1, -0.05) is 0 Å². The maximum absolute atomic E-state index is 12.7. The fourth-order valence-corrected chi connectivity index (χ4v) is 3.41. The fourth-order valence-electron chi connectivity index (χ4n) is 3.41. The second-order valence-electron chi connectivity index (χ2n) is 6.12. The van der Waals surface area contributed by atoms with Crippen LogP contribution in [0.4, 0.5) is 0 Å². The summed E-state index contributed by atoms with van der Waals surface area (Å²) in [5, 5.41) is 0. The number of ether oxygens (including phenoxy) is 8. The molecule has 0 spiro atoms. The quantitative estimate of drug-likeness (QED) is 0.672. The number of hydrogen-bond donors (Lipinski definition) is 0. The standard InChI is InChI=1S/C20H18O10/c1-23-11-5-9(13(19(21)25-3)17-15(11)27-7-29-17)10-6-12(24-2)16-18(30-8-28-16)14(10)20(22)26-4/h5-6H,7-8H2,1-4H3. The molecule has 158 valence electrons. The summed E-state index contributed by atoms with van der Waals surface area (Å²) in [6, 6.07) is 3.09. The van der Waals surface area contributed by atoms with Gasteiger partial charge in [0.25, 0.3) is 0 Å². The molecule has 2 aromatic carbocycles. The summed E-state index contributed by atoms with van der Waals surface area (Å²) in [5.41, 5.74) is 0.661. The van der Waals surface area contributed by atoms with Crippen molar-refractivity contribution < 1.29 is 47.5 Å². The first-order chi connectivity index (χ1) is 14.5. The number of rotatable bonds is 5. The van der Waals surface area contributed by atoms with Crippen LogP contribution in [0.5, 0.6) is 34.5 Å². The molecule has 0 amide bonds. The number of benzene rings is 2. The van der Waals surface area contributed by atoms with E-state index >= 15 is 0 Å². The lowest BCUT2D eigenvalue weighted by molar-refractivity contribution is 0.0584.